The van der Waals surface area contributed by atoms with E-state index in [1.54, 1.807) is 20.0 Å². The van der Waals surface area contributed by atoms with E-state index in [4.69, 9.17) is 5.73 Å². The van der Waals surface area contributed by atoms with E-state index >= 15 is 0 Å². The second kappa shape index (κ2) is 9.54. The van der Waals surface area contributed by atoms with Crippen molar-refractivity contribution in [1.82, 2.24) is 9.47 Å². The van der Waals surface area contributed by atoms with Gasteiger partial charge in [-0.3, -0.25) is 14.4 Å². The topological polar surface area (TPSA) is 85.4 Å². The van der Waals surface area contributed by atoms with Crippen LogP contribution < -0.4 is 5.73 Å². The normalized spacial score (nSPS) is 10.7. The van der Waals surface area contributed by atoms with Crippen LogP contribution in [0.2, 0.25) is 0 Å². The molecule has 0 bridgehead atoms. The average Bonchev–Trinajstić information content (AvgIpc) is 3.34. The molecule has 3 aromatic rings. The standard InChI is InChI=1S/C23H25N3O3S/c1-16-19(23(24)29)13-20(26(16)10-8-17-6-4-3-5-7-17)21(27)14-25(2)22(28)12-18-9-11-30-15-18/h3-7,9,11,13,15H,8,10,12,14H2,1-2H3,(H2,24,29). The van der Waals surface area contributed by atoms with Crippen LogP contribution in [0.15, 0.2) is 53.2 Å². The molecule has 6 nitrogen and oxygen atoms in total. The molecule has 0 fully saturated rings. The van der Waals surface area contributed by atoms with Crippen LogP contribution in [0, 0.1) is 6.92 Å². The molecule has 0 saturated carbocycles. The Bertz CT molecular complexity index is 1040. The molecule has 0 unspecified atom stereocenters. The van der Waals surface area contributed by atoms with E-state index in [1.165, 1.54) is 16.2 Å². The first-order valence-corrected chi connectivity index (χ1v) is 10.6. The number of primary amides is 1. The number of thiophene rings is 1. The van der Waals surface area contributed by atoms with Gasteiger partial charge >= 0.3 is 0 Å². The predicted molar refractivity (Wildman–Crippen MR) is 118 cm³/mol. The Balaban J connectivity index is 1.77. The number of benzene rings is 1. The maximum absolute atomic E-state index is 13.0. The van der Waals surface area contributed by atoms with E-state index in [1.807, 2.05) is 51.7 Å². The largest absolute Gasteiger partial charge is 0.366 e. The molecule has 2 amide bonds. The molecule has 2 heterocycles. The van der Waals surface area contributed by atoms with Crippen LogP contribution in [-0.4, -0.2) is 40.7 Å². The number of nitrogens with two attached hydrogens (primary N) is 1. The van der Waals surface area contributed by atoms with Crippen molar-refractivity contribution in [3.63, 3.8) is 0 Å². The molecule has 2 N–H and O–H groups in total. The molecule has 3 rings (SSSR count). The van der Waals surface area contributed by atoms with E-state index in [2.05, 4.69) is 0 Å². The summed E-state index contributed by atoms with van der Waals surface area (Å²) in [6.45, 7) is 2.26. The van der Waals surface area contributed by atoms with E-state index < -0.39 is 5.91 Å². The van der Waals surface area contributed by atoms with Crippen LogP contribution >= 0.6 is 11.3 Å². The quantitative estimate of drug-likeness (QED) is 0.537. The first-order valence-electron chi connectivity index (χ1n) is 9.69. The summed E-state index contributed by atoms with van der Waals surface area (Å²) in [5.74, 6) is -0.919. The number of aryl methyl sites for hydroxylation is 1. The lowest BCUT2D eigenvalue weighted by Crippen LogP contribution is -2.34. The molecular weight excluding hydrogens is 398 g/mol. The number of likely N-dealkylation sites (N-methyl/N-ethyl adjacent to an activating group) is 1. The predicted octanol–water partition coefficient (Wildman–Crippen LogP) is 3.08. The highest BCUT2D eigenvalue weighted by Crippen LogP contribution is 2.18. The minimum atomic E-state index is -0.568. The molecule has 2 aromatic heterocycles. The minimum Gasteiger partial charge on any atom is -0.366 e. The summed E-state index contributed by atoms with van der Waals surface area (Å²) in [4.78, 5) is 38.7. The summed E-state index contributed by atoms with van der Waals surface area (Å²) in [5, 5.41) is 3.84. The Labute approximate surface area is 179 Å². The fraction of sp³-hybridized carbons (Fsp3) is 0.261. The SMILES string of the molecule is Cc1c(C(N)=O)cc(C(=O)CN(C)C(=O)Cc2ccsc2)n1CCc1ccccc1. The molecule has 1 aromatic carbocycles. The van der Waals surface area contributed by atoms with E-state index in [9.17, 15) is 14.4 Å². The van der Waals surface area contributed by atoms with Crippen molar-refractivity contribution >= 4 is 28.9 Å². The number of amides is 2. The first-order chi connectivity index (χ1) is 14.4. The van der Waals surface area contributed by atoms with Gasteiger partial charge in [-0.1, -0.05) is 30.3 Å². The fourth-order valence-corrected chi connectivity index (χ4v) is 4.06. The molecular formula is C23H25N3O3S. The highest BCUT2D eigenvalue weighted by Gasteiger charge is 2.22. The van der Waals surface area contributed by atoms with Crippen LogP contribution in [0.1, 0.15) is 37.7 Å². The monoisotopic (exact) mass is 423 g/mol. The van der Waals surface area contributed by atoms with Gasteiger partial charge in [0.25, 0.3) is 5.91 Å². The zero-order valence-corrected chi connectivity index (χ0v) is 17.9. The third-order valence-electron chi connectivity index (χ3n) is 5.13. The molecule has 0 spiro atoms. The Kier molecular flexibility index (Phi) is 6.84. The molecule has 0 aliphatic heterocycles. The zero-order valence-electron chi connectivity index (χ0n) is 17.1. The number of hydrogen-bond acceptors (Lipinski definition) is 4. The van der Waals surface area contributed by atoms with Gasteiger partial charge in [-0.15, -0.1) is 0 Å². The van der Waals surface area contributed by atoms with E-state index in [0.29, 0.717) is 29.9 Å². The smallest absolute Gasteiger partial charge is 0.250 e. The number of aromatic nitrogens is 1. The van der Waals surface area contributed by atoms with Gasteiger partial charge in [-0.25, -0.2) is 0 Å². The molecule has 30 heavy (non-hydrogen) atoms. The molecule has 7 heteroatoms. The Morgan fingerprint density at radius 3 is 2.47 bits per heavy atom. The van der Waals surface area contributed by atoms with Crippen molar-refractivity contribution in [2.75, 3.05) is 13.6 Å². The van der Waals surface area contributed by atoms with Crippen molar-refractivity contribution < 1.29 is 14.4 Å². The third-order valence-corrected chi connectivity index (χ3v) is 5.86. The third kappa shape index (κ3) is 5.04. The van der Waals surface area contributed by atoms with Gasteiger partial charge in [0.05, 0.1) is 24.2 Å². The van der Waals surface area contributed by atoms with Crippen LogP contribution in [0.3, 0.4) is 0 Å². The number of rotatable bonds is 9. The van der Waals surface area contributed by atoms with Crippen molar-refractivity contribution in [2.24, 2.45) is 5.73 Å². The van der Waals surface area contributed by atoms with Gasteiger partial charge in [0.15, 0.2) is 5.78 Å². The zero-order chi connectivity index (χ0) is 21.7. The molecule has 156 valence electrons. The molecule has 0 atom stereocenters. The van der Waals surface area contributed by atoms with E-state index in [-0.39, 0.29) is 24.7 Å². The summed E-state index contributed by atoms with van der Waals surface area (Å²) in [6, 6.07) is 13.4. The lowest BCUT2D eigenvalue weighted by atomic mass is 10.1. The summed E-state index contributed by atoms with van der Waals surface area (Å²) in [5.41, 5.74) is 8.96. The van der Waals surface area contributed by atoms with Crippen LogP contribution in [0.4, 0.5) is 0 Å². The number of carbonyl (C=O) groups excluding carboxylic acids is 3. The Hall–Kier alpha value is -3.19. The number of ketones is 1. The highest BCUT2D eigenvalue weighted by molar-refractivity contribution is 7.08. The van der Waals surface area contributed by atoms with Crippen molar-refractivity contribution in [1.29, 1.82) is 0 Å². The first kappa shape index (κ1) is 21.5. The summed E-state index contributed by atoms with van der Waals surface area (Å²) in [6.07, 6.45) is 0.968. The van der Waals surface area contributed by atoms with E-state index in [0.717, 1.165) is 11.1 Å². The molecule has 0 radical (unpaired) electrons. The summed E-state index contributed by atoms with van der Waals surface area (Å²) in [7, 11) is 1.62. The second-order valence-electron chi connectivity index (χ2n) is 7.26. The average molecular weight is 424 g/mol. The maximum atomic E-state index is 13.0. The van der Waals surface area contributed by atoms with Crippen molar-refractivity contribution in [3.8, 4) is 0 Å². The number of nitrogens with zero attached hydrogens (tertiary/aromatic N) is 2. The van der Waals surface area contributed by atoms with Crippen LogP contribution in [0.5, 0.6) is 0 Å². The van der Waals surface area contributed by atoms with Crippen LogP contribution in [-0.2, 0) is 24.2 Å². The highest BCUT2D eigenvalue weighted by atomic mass is 32.1. The van der Waals surface area contributed by atoms with Crippen molar-refractivity contribution in [2.45, 2.75) is 26.3 Å². The molecule has 0 saturated heterocycles. The van der Waals surface area contributed by atoms with Gasteiger partial charge in [0.1, 0.15) is 0 Å². The maximum Gasteiger partial charge on any atom is 0.250 e. The second-order valence-corrected chi connectivity index (χ2v) is 8.04. The van der Waals surface area contributed by atoms with Gasteiger partial charge in [-0.2, -0.15) is 11.3 Å². The fourth-order valence-electron chi connectivity index (χ4n) is 3.39. The number of carbonyl (C=O) groups is 3. The van der Waals surface area contributed by atoms with Gasteiger partial charge in [0, 0.05) is 19.3 Å². The minimum absolute atomic E-state index is 0.0596. The lowest BCUT2D eigenvalue weighted by molar-refractivity contribution is -0.128. The summed E-state index contributed by atoms with van der Waals surface area (Å²) < 4.78 is 1.83. The molecule has 0 aliphatic carbocycles. The van der Waals surface area contributed by atoms with Gasteiger partial charge < -0.3 is 15.2 Å². The lowest BCUT2D eigenvalue weighted by Gasteiger charge is -2.17. The summed E-state index contributed by atoms with van der Waals surface area (Å²) >= 11 is 1.53. The number of hydrogen-bond donors (Lipinski definition) is 1. The Morgan fingerprint density at radius 1 is 1.10 bits per heavy atom. The van der Waals surface area contributed by atoms with Gasteiger partial charge in [-0.05, 0) is 47.4 Å². The van der Waals surface area contributed by atoms with Crippen LogP contribution in [0.25, 0.3) is 0 Å². The Morgan fingerprint density at radius 2 is 1.83 bits per heavy atom. The van der Waals surface area contributed by atoms with Gasteiger partial charge in [0.2, 0.25) is 5.91 Å². The number of Topliss-reactive ketones (excluding diaryl/α,β-unsaturated/α-hetero) is 1. The molecule has 0 aliphatic rings. The van der Waals surface area contributed by atoms with Crippen molar-refractivity contribution in [3.05, 3.63) is 81.3 Å².